The van der Waals surface area contributed by atoms with Crippen LogP contribution in [0.15, 0.2) is 41.1 Å². The van der Waals surface area contributed by atoms with Gasteiger partial charge in [-0.15, -0.1) is 0 Å². The highest BCUT2D eigenvalue weighted by atomic mass is 79.9. The van der Waals surface area contributed by atoms with Gasteiger partial charge in [-0.3, -0.25) is 4.79 Å². The molecule has 1 N–H and O–H groups in total. The Balaban J connectivity index is 2.01. The van der Waals surface area contributed by atoms with E-state index in [4.69, 9.17) is 11.6 Å². The van der Waals surface area contributed by atoms with Gasteiger partial charge in [0.05, 0.1) is 5.02 Å². The molecule has 0 aliphatic heterocycles. The van der Waals surface area contributed by atoms with E-state index >= 15 is 0 Å². The molecule has 5 heteroatoms. The van der Waals surface area contributed by atoms with Crippen molar-refractivity contribution in [2.45, 2.75) is 6.54 Å². The van der Waals surface area contributed by atoms with Crippen LogP contribution in [0, 0.1) is 0 Å². The molecule has 2 aromatic rings. The maximum Gasteiger partial charge on any atom is 0.251 e. The Morgan fingerprint density at radius 3 is 2.83 bits per heavy atom. The summed E-state index contributed by atoms with van der Waals surface area (Å²) in [5, 5.41) is 3.38. The number of aryl methyl sites for hydroxylation is 1. The molecule has 1 heterocycles. The van der Waals surface area contributed by atoms with Crippen LogP contribution in [0.3, 0.4) is 0 Å². The van der Waals surface area contributed by atoms with Crippen LogP contribution in [0.25, 0.3) is 0 Å². The fourth-order valence-electron chi connectivity index (χ4n) is 1.59. The van der Waals surface area contributed by atoms with Crippen molar-refractivity contribution in [2.75, 3.05) is 0 Å². The summed E-state index contributed by atoms with van der Waals surface area (Å²) >= 11 is 9.24. The molecule has 0 atom stereocenters. The number of carbonyl (C=O) groups excluding carboxylic acids is 1. The molecule has 1 aromatic heterocycles. The van der Waals surface area contributed by atoms with Crippen LogP contribution in [0.2, 0.25) is 5.02 Å². The number of rotatable bonds is 3. The number of benzene rings is 1. The number of nitrogens with one attached hydrogen (secondary N) is 1. The second kappa shape index (κ2) is 5.59. The van der Waals surface area contributed by atoms with Crippen LogP contribution in [0.4, 0.5) is 0 Å². The molecule has 94 valence electrons. The first kappa shape index (κ1) is 13.2. The van der Waals surface area contributed by atoms with Gasteiger partial charge >= 0.3 is 0 Å². The van der Waals surface area contributed by atoms with Gasteiger partial charge < -0.3 is 9.88 Å². The highest BCUT2D eigenvalue weighted by Gasteiger charge is 2.07. The van der Waals surface area contributed by atoms with Crippen molar-refractivity contribution >= 4 is 33.4 Å². The van der Waals surface area contributed by atoms with E-state index < -0.39 is 0 Å². The number of halogens is 2. The van der Waals surface area contributed by atoms with Gasteiger partial charge in [0.15, 0.2) is 0 Å². The first-order valence-electron chi connectivity index (χ1n) is 5.40. The third-order valence-corrected chi connectivity index (χ3v) is 3.76. The number of nitrogens with zero attached hydrogens (tertiary/aromatic N) is 1. The highest BCUT2D eigenvalue weighted by Crippen LogP contribution is 2.23. The number of amides is 1. The molecule has 0 fully saturated rings. The van der Waals surface area contributed by atoms with Crippen LogP contribution in [-0.2, 0) is 13.6 Å². The number of carbonyl (C=O) groups is 1. The summed E-state index contributed by atoms with van der Waals surface area (Å²) in [4.78, 5) is 11.9. The molecule has 1 amide bonds. The van der Waals surface area contributed by atoms with E-state index in [0.717, 1.165) is 10.0 Å². The van der Waals surface area contributed by atoms with E-state index in [2.05, 4.69) is 21.2 Å². The summed E-state index contributed by atoms with van der Waals surface area (Å²) < 4.78 is 2.72. The van der Waals surface area contributed by atoms with Gasteiger partial charge in [0.2, 0.25) is 0 Å². The number of hydrogen-bond acceptors (Lipinski definition) is 1. The third-order valence-electron chi connectivity index (χ3n) is 2.53. The zero-order valence-corrected chi connectivity index (χ0v) is 12.1. The minimum atomic E-state index is -0.131. The van der Waals surface area contributed by atoms with E-state index in [1.165, 1.54) is 0 Å². The van der Waals surface area contributed by atoms with Crippen molar-refractivity contribution < 1.29 is 4.79 Å². The van der Waals surface area contributed by atoms with Crippen molar-refractivity contribution in [3.63, 3.8) is 0 Å². The van der Waals surface area contributed by atoms with Crippen molar-refractivity contribution in [3.8, 4) is 0 Å². The van der Waals surface area contributed by atoms with Gasteiger partial charge in [0.25, 0.3) is 5.91 Å². The number of aromatic nitrogens is 1. The quantitative estimate of drug-likeness (QED) is 0.921. The summed E-state index contributed by atoms with van der Waals surface area (Å²) in [6.45, 7) is 0.507. The zero-order valence-electron chi connectivity index (χ0n) is 9.78. The third kappa shape index (κ3) is 3.15. The predicted molar refractivity (Wildman–Crippen MR) is 75.7 cm³/mol. The van der Waals surface area contributed by atoms with Crippen LogP contribution < -0.4 is 5.32 Å². The van der Waals surface area contributed by atoms with E-state index in [1.54, 1.807) is 18.2 Å². The Bertz CT molecular complexity index is 580. The van der Waals surface area contributed by atoms with Crippen LogP contribution in [0.5, 0.6) is 0 Å². The van der Waals surface area contributed by atoms with Crippen LogP contribution in [-0.4, -0.2) is 10.5 Å². The predicted octanol–water partition coefficient (Wildman–Crippen LogP) is 3.37. The van der Waals surface area contributed by atoms with E-state index in [9.17, 15) is 4.79 Å². The van der Waals surface area contributed by atoms with Gasteiger partial charge in [-0.25, -0.2) is 0 Å². The second-order valence-corrected chi connectivity index (χ2v) is 5.26. The van der Waals surface area contributed by atoms with Crippen molar-refractivity contribution in [1.82, 2.24) is 9.88 Å². The molecule has 1 aromatic carbocycles. The van der Waals surface area contributed by atoms with Gasteiger partial charge in [-0.2, -0.15) is 0 Å². The van der Waals surface area contributed by atoms with Crippen molar-refractivity contribution in [2.24, 2.45) is 7.05 Å². The molecule has 0 aliphatic carbocycles. The lowest BCUT2D eigenvalue weighted by Crippen LogP contribution is -2.22. The van der Waals surface area contributed by atoms with Crippen molar-refractivity contribution in [1.29, 1.82) is 0 Å². The van der Waals surface area contributed by atoms with Crippen LogP contribution >= 0.6 is 27.5 Å². The Hall–Kier alpha value is -1.26. The molecule has 18 heavy (non-hydrogen) atoms. The molecule has 3 nitrogen and oxygen atoms in total. The lowest BCUT2D eigenvalue weighted by atomic mass is 10.2. The monoisotopic (exact) mass is 326 g/mol. The van der Waals surface area contributed by atoms with Crippen LogP contribution in [0.1, 0.15) is 15.9 Å². The lowest BCUT2D eigenvalue weighted by Gasteiger charge is -2.05. The number of hydrogen-bond donors (Lipinski definition) is 1. The van der Waals surface area contributed by atoms with Crippen molar-refractivity contribution in [3.05, 3.63) is 57.3 Å². The summed E-state index contributed by atoms with van der Waals surface area (Å²) in [5.74, 6) is -0.131. The molecular weight excluding hydrogens is 316 g/mol. The molecular formula is C13H12BrClN2O. The van der Waals surface area contributed by atoms with E-state index in [-0.39, 0.29) is 5.91 Å². The molecule has 0 saturated carbocycles. The maximum absolute atomic E-state index is 11.9. The summed E-state index contributed by atoms with van der Waals surface area (Å²) in [6.07, 6.45) is 3.91. The molecule has 0 aliphatic rings. The molecule has 2 rings (SSSR count). The van der Waals surface area contributed by atoms with E-state index in [1.807, 2.05) is 30.1 Å². The maximum atomic E-state index is 11.9. The topological polar surface area (TPSA) is 34.0 Å². The molecule has 0 radical (unpaired) electrons. The Kier molecular flexibility index (Phi) is 4.09. The first-order chi connectivity index (χ1) is 8.56. The normalized spacial score (nSPS) is 10.4. The first-order valence-corrected chi connectivity index (χ1v) is 6.57. The average molecular weight is 328 g/mol. The lowest BCUT2D eigenvalue weighted by molar-refractivity contribution is 0.0951. The fourth-order valence-corrected chi connectivity index (χ4v) is 2.01. The SMILES string of the molecule is Cn1ccc(CNC(=O)c2ccc(Br)c(Cl)c2)c1. The summed E-state index contributed by atoms with van der Waals surface area (Å²) in [6, 6.07) is 7.11. The van der Waals surface area contributed by atoms with Gasteiger partial charge in [-0.05, 0) is 45.8 Å². The average Bonchev–Trinajstić information content (AvgIpc) is 2.75. The fraction of sp³-hybridized carbons (Fsp3) is 0.154. The highest BCUT2D eigenvalue weighted by molar-refractivity contribution is 9.10. The van der Waals surface area contributed by atoms with Gasteiger partial charge in [0.1, 0.15) is 0 Å². The zero-order chi connectivity index (χ0) is 13.1. The summed E-state index contributed by atoms with van der Waals surface area (Å²) in [5.41, 5.74) is 1.62. The molecule has 0 unspecified atom stereocenters. The van der Waals surface area contributed by atoms with E-state index in [0.29, 0.717) is 17.1 Å². The summed E-state index contributed by atoms with van der Waals surface area (Å²) in [7, 11) is 1.94. The Morgan fingerprint density at radius 1 is 1.44 bits per heavy atom. The second-order valence-electron chi connectivity index (χ2n) is 4.00. The van der Waals surface area contributed by atoms with Gasteiger partial charge in [-0.1, -0.05) is 11.6 Å². The largest absolute Gasteiger partial charge is 0.357 e. The standard InChI is InChI=1S/C13H12BrClN2O/c1-17-5-4-9(8-17)7-16-13(18)10-2-3-11(14)12(15)6-10/h2-6,8H,7H2,1H3,(H,16,18). The minimum Gasteiger partial charge on any atom is -0.357 e. The smallest absolute Gasteiger partial charge is 0.251 e. The minimum absolute atomic E-state index is 0.131. The molecule has 0 spiro atoms. The Morgan fingerprint density at radius 2 is 2.22 bits per heavy atom. The molecule has 0 saturated heterocycles. The van der Waals surface area contributed by atoms with Gasteiger partial charge in [0, 0.05) is 36.0 Å². The Labute approximate surface area is 119 Å². The molecule has 0 bridgehead atoms.